The van der Waals surface area contributed by atoms with Gasteiger partial charge in [0.1, 0.15) is 0 Å². The lowest BCUT2D eigenvalue weighted by Crippen LogP contribution is -2.75. The largest absolute Gasteiger partial charge is 0.400 e. The zero-order valence-corrected chi connectivity index (χ0v) is 11.9. The van der Waals surface area contributed by atoms with Gasteiger partial charge in [-0.15, -0.1) is 0 Å². The minimum Gasteiger partial charge on any atom is -0.335 e. The van der Waals surface area contributed by atoms with Gasteiger partial charge in [0.2, 0.25) is 0 Å². The van der Waals surface area contributed by atoms with Gasteiger partial charge in [-0.3, -0.25) is 0 Å². The molecule has 0 bridgehead atoms. The van der Waals surface area contributed by atoms with Crippen molar-refractivity contribution in [3.8, 4) is 0 Å². The maximum atomic E-state index is 13.0. The van der Waals surface area contributed by atoms with Crippen molar-refractivity contribution >= 4 is 0 Å². The Hall–Kier alpha value is -1.27. The summed E-state index contributed by atoms with van der Waals surface area (Å²) in [6, 6.07) is -6.86. The minimum atomic E-state index is -8.72. The molecule has 0 atom stereocenters. The lowest BCUT2D eigenvalue weighted by molar-refractivity contribution is -0.480. The molecule has 2 nitrogen and oxygen atoms in total. The summed E-state index contributed by atoms with van der Waals surface area (Å²) in [5.74, 6) is -58.1. The van der Waals surface area contributed by atoms with Gasteiger partial charge >= 0.3 is 53.9 Å². The van der Waals surface area contributed by atoms with Crippen molar-refractivity contribution in [2.24, 2.45) is 0 Å². The van der Waals surface area contributed by atoms with E-state index in [2.05, 4.69) is 0 Å². The smallest absolute Gasteiger partial charge is 0.335 e. The van der Waals surface area contributed by atoms with Crippen molar-refractivity contribution in [3.63, 3.8) is 0 Å². The molecule has 19 heteroatoms. The summed E-state index contributed by atoms with van der Waals surface area (Å²) in [5.41, 5.74) is 0. The van der Waals surface area contributed by atoms with Crippen LogP contribution in [-0.4, -0.2) is 64.1 Å². The Labute approximate surface area is 140 Å². The average Bonchev–Trinajstić information content (AvgIpc) is 2.44. The lowest BCUT2D eigenvalue weighted by Gasteiger charge is -2.43. The van der Waals surface area contributed by atoms with E-state index in [4.69, 9.17) is 10.2 Å². The number of halogens is 17. The summed E-state index contributed by atoms with van der Waals surface area (Å²) in [6.45, 7) is 0. The molecule has 0 spiro atoms. The molecule has 0 fully saturated rings. The van der Waals surface area contributed by atoms with E-state index < -0.39 is 53.9 Å². The third-order valence-electron chi connectivity index (χ3n) is 3.06. The summed E-state index contributed by atoms with van der Waals surface area (Å²) in [6.07, 6.45) is -5.98. The van der Waals surface area contributed by atoms with E-state index in [1.165, 1.54) is 0 Å². The molecule has 0 unspecified atom stereocenters. The topological polar surface area (TPSA) is 40.5 Å². The van der Waals surface area contributed by atoms with Crippen molar-refractivity contribution in [1.29, 1.82) is 0 Å². The molecule has 170 valence electrons. The normalized spacial score (nSPS) is 16.7. The second kappa shape index (κ2) is 6.36. The second-order valence-corrected chi connectivity index (χ2v) is 4.96. The molecule has 0 heterocycles. The van der Waals surface area contributed by atoms with Gasteiger partial charge in [-0.25, -0.2) is 8.78 Å². The molecule has 0 aliphatic heterocycles. The quantitative estimate of drug-likeness (QED) is 0.414. The highest BCUT2D eigenvalue weighted by atomic mass is 19.4. The first kappa shape index (κ1) is 26.7. The van der Waals surface area contributed by atoms with Crippen molar-refractivity contribution in [2.45, 2.75) is 53.9 Å². The molecule has 0 aromatic heterocycles. The number of hydrogen-bond acceptors (Lipinski definition) is 2. The molecule has 28 heavy (non-hydrogen) atoms. The first-order valence-corrected chi connectivity index (χ1v) is 5.76. The monoisotopic (exact) mass is 466 g/mol. The van der Waals surface area contributed by atoms with Crippen LogP contribution in [0.15, 0.2) is 0 Å². The van der Waals surface area contributed by atoms with Crippen LogP contribution in [0.3, 0.4) is 0 Å². The zero-order chi connectivity index (χ0) is 23.6. The van der Waals surface area contributed by atoms with E-state index in [1.807, 2.05) is 0 Å². The van der Waals surface area contributed by atoms with Gasteiger partial charge in [0, 0.05) is 0 Å². The van der Waals surface area contributed by atoms with Gasteiger partial charge < -0.3 is 10.2 Å². The van der Waals surface area contributed by atoms with Crippen LogP contribution in [0, 0.1) is 0 Å². The van der Waals surface area contributed by atoms with Crippen LogP contribution in [0.2, 0.25) is 0 Å². The van der Waals surface area contributed by atoms with Crippen molar-refractivity contribution in [2.75, 3.05) is 0 Å². The molecule has 0 saturated heterocycles. The SMILES string of the molecule is OC(O)(F)C(F)(F)C(F)(F)C(F)(F)C(F)(F)C(F)(F)C(F)(F)C(F)(F)C(F)F. The molecule has 0 amide bonds. The molecule has 2 N–H and O–H groups in total. The van der Waals surface area contributed by atoms with E-state index in [9.17, 15) is 74.6 Å². The molecule has 0 saturated carbocycles. The third kappa shape index (κ3) is 3.04. The Morgan fingerprint density at radius 3 is 0.821 bits per heavy atom. The number of hydrogen-bond donors (Lipinski definition) is 2. The molecule has 0 aliphatic carbocycles. The number of alkyl halides is 17. The van der Waals surface area contributed by atoms with E-state index in [0.717, 1.165) is 0 Å². The fourth-order valence-corrected chi connectivity index (χ4v) is 1.33. The van der Waals surface area contributed by atoms with Crippen LogP contribution in [0.25, 0.3) is 0 Å². The molecule has 0 aliphatic rings. The predicted octanol–water partition coefficient (Wildman–Crippen LogP) is 4.31. The van der Waals surface area contributed by atoms with Gasteiger partial charge in [-0.2, -0.15) is 65.9 Å². The van der Waals surface area contributed by atoms with Crippen molar-refractivity contribution < 1.29 is 84.9 Å². The maximum Gasteiger partial charge on any atom is 0.400 e. The van der Waals surface area contributed by atoms with Gasteiger partial charge in [-0.1, -0.05) is 0 Å². The predicted molar refractivity (Wildman–Crippen MR) is 48.9 cm³/mol. The van der Waals surface area contributed by atoms with Gasteiger partial charge in [0.15, 0.2) is 0 Å². The van der Waals surface area contributed by atoms with E-state index in [0.29, 0.717) is 0 Å². The van der Waals surface area contributed by atoms with E-state index in [-0.39, 0.29) is 0 Å². The molecule has 0 radical (unpaired) electrons. The highest BCUT2D eigenvalue weighted by molar-refractivity contribution is 5.15. The van der Waals surface area contributed by atoms with Crippen LogP contribution in [0.1, 0.15) is 0 Å². The van der Waals surface area contributed by atoms with Crippen LogP contribution in [-0.2, 0) is 0 Å². The molecule has 0 aromatic carbocycles. The minimum absolute atomic E-state index is 5.98. The second-order valence-electron chi connectivity index (χ2n) is 4.96. The van der Waals surface area contributed by atoms with Crippen molar-refractivity contribution in [3.05, 3.63) is 0 Å². The molecule has 0 rings (SSSR count). The fourth-order valence-electron chi connectivity index (χ4n) is 1.33. The number of aliphatic hydroxyl groups is 2. The standard InChI is InChI=1S/C9H3F17O2/c10-1(11)2(12,13)3(14,15)4(16,17)5(18,19)6(20,21)7(22,23)8(24,25)9(26,27)28/h1,27-28H. The van der Waals surface area contributed by atoms with Crippen molar-refractivity contribution in [1.82, 2.24) is 0 Å². The van der Waals surface area contributed by atoms with Gasteiger partial charge in [-0.05, 0) is 0 Å². The Bertz CT molecular complexity index is 574. The van der Waals surface area contributed by atoms with Crippen LogP contribution < -0.4 is 0 Å². The van der Waals surface area contributed by atoms with Gasteiger partial charge in [0.05, 0.1) is 0 Å². The molecular weight excluding hydrogens is 463 g/mol. The van der Waals surface area contributed by atoms with Crippen LogP contribution >= 0.6 is 0 Å². The molecule has 0 aromatic rings. The van der Waals surface area contributed by atoms with E-state index >= 15 is 0 Å². The Kier molecular flexibility index (Phi) is 6.07. The summed E-state index contributed by atoms with van der Waals surface area (Å²) in [4.78, 5) is 0. The molecular formula is C9H3F17O2. The van der Waals surface area contributed by atoms with Crippen LogP contribution in [0.5, 0.6) is 0 Å². The highest BCUT2D eigenvalue weighted by Gasteiger charge is 2.95. The van der Waals surface area contributed by atoms with Crippen LogP contribution in [0.4, 0.5) is 74.6 Å². The Balaban J connectivity index is 6.72. The summed E-state index contributed by atoms with van der Waals surface area (Å²) >= 11 is 0. The zero-order valence-electron chi connectivity index (χ0n) is 11.9. The van der Waals surface area contributed by atoms with Gasteiger partial charge in [0.25, 0.3) is 0 Å². The number of rotatable bonds is 8. The summed E-state index contributed by atoms with van der Waals surface area (Å²) in [5, 5.41) is 15.2. The average molecular weight is 466 g/mol. The van der Waals surface area contributed by atoms with E-state index in [1.54, 1.807) is 0 Å². The maximum absolute atomic E-state index is 13.0. The highest BCUT2D eigenvalue weighted by Crippen LogP contribution is 2.63. The Morgan fingerprint density at radius 1 is 0.393 bits per heavy atom. The Morgan fingerprint density at radius 2 is 0.607 bits per heavy atom. The first-order valence-electron chi connectivity index (χ1n) is 5.76. The summed E-state index contributed by atoms with van der Waals surface area (Å²) in [7, 11) is 0. The fraction of sp³-hybridized carbons (Fsp3) is 1.00. The first-order chi connectivity index (χ1) is 11.7. The lowest BCUT2D eigenvalue weighted by atomic mass is 9.89. The third-order valence-corrected chi connectivity index (χ3v) is 3.06. The summed E-state index contributed by atoms with van der Waals surface area (Å²) < 4.78 is 215.